The third kappa shape index (κ3) is 5.72. The summed E-state index contributed by atoms with van der Waals surface area (Å²) in [5, 5.41) is 4.39. The summed E-state index contributed by atoms with van der Waals surface area (Å²) in [4.78, 5) is 18.1. The molecule has 2 aromatic heterocycles. The molecule has 1 atom stereocenters. The van der Waals surface area contributed by atoms with Crippen LogP contribution in [0.25, 0.3) is 5.65 Å². The summed E-state index contributed by atoms with van der Waals surface area (Å²) in [6.07, 6.45) is 8.52. The zero-order valence-electron chi connectivity index (χ0n) is 22.1. The Morgan fingerprint density at radius 1 is 1.00 bits per heavy atom. The summed E-state index contributed by atoms with van der Waals surface area (Å²) in [6, 6.07) is 17.2. The van der Waals surface area contributed by atoms with Gasteiger partial charge in [0, 0.05) is 38.1 Å². The molecule has 1 aliphatic heterocycles. The van der Waals surface area contributed by atoms with Crippen molar-refractivity contribution < 1.29 is 9.53 Å². The Bertz CT molecular complexity index is 1340. The zero-order chi connectivity index (χ0) is 25.8. The number of nitrogens with zero attached hydrogens (tertiary/aromatic N) is 5. The van der Waals surface area contributed by atoms with E-state index in [0.717, 1.165) is 43.7 Å². The first-order chi connectivity index (χ1) is 18.0. The molecule has 0 fully saturated rings. The Balaban J connectivity index is 1.42. The van der Waals surface area contributed by atoms with E-state index >= 15 is 0 Å². The van der Waals surface area contributed by atoms with Crippen molar-refractivity contribution in [2.75, 3.05) is 33.3 Å². The maximum absolute atomic E-state index is 13.7. The number of hydrogen-bond acceptors (Lipinski definition) is 4. The standard InChI is InChI=1S/C30H37N5O2/c1-23-11-12-28-26(20-23)22-32(2)15-13-25(24-8-5-4-6-9-24)10-7-14-34(18-19-37-28)30(36)27-21-31-35-17-16-33(3)29(27)35/h4-6,8-9,11-12,16-17,20-21,25H,7,10,13-15,18-19,22H2,1-3H3. The fourth-order valence-corrected chi connectivity index (χ4v) is 5.40. The lowest BCUT2D eigenvalue weighted by molar-refractivity contribution is 0.0726. The van der Waals surface area contributed by atoms with Crippen molar-refractivity contribution in [3.05, 3.63) is 89.4 Å². The van der Waals surface area contributed by atoms with E-state index in [1.807, 2.05) is 28.9 Å². The maximum Gasteiger partial charge on any atom is 0.259 e. The molecule has 2 aromatic carbocycles. The van der Waals surface area contributed by atoms with Crippen LogP contribution in [-0.2, 0) is 13.6 Å². The first kappa shape index (κ1) is 25.1. The molecule has 4 aromatic rings. The SMILES string of the molecule is Cc1ccc2c(c1)CN(C)CCC(c1ccccc1)CCCN(C(=O)c1cnn3ccn(C)c13)CCO2. The number of rotatable bonds is 2. The molecule has 0 aliphatic carbocycles. The molecular formula is C30H37N5O2. The van der Waals surface area contributed by atoms with Crippen molar-refractivity contribution >= 4 is 11.6 Å². The Morgan fingerprint density at radius 3 is 2.68 bits per heavy atom. The molecule has 37 heavy (non-hydrogen) atoms. The summed E-state index contributed by atoms with van der Waals surface area (Å²) >= 11 is 0. The minimum Gasteiger partial charge on any atom is -0.491 e. The summed E-state index contributed by atoms with van der Waals surface area (Å²) < 4.78 is 9.98. The molecule has 1 unspecified atom stereocenters. The predicted octanol–water partition coefficient (Wildman–Crippen LogP) is 4.90. The zero-order valence-corrected chi connectivity index (χ0v) is 22.1. The van der Waals surface area contributed by atoms with Crippen LogP contribution in [-0.4, -0.2) is 63.2 Å². The van der Waals surface area contributed by atoms with E-state index in [9.17, 15) is 4.79 Å². The topological polar surface area (TPSA) is 55.0 Å². The van der Waals surface area contributed by atoms with Crippen LogP contribution in [0, 0.1) is 6.92 Å². The third-order valence-corrected chi connectivity index (χ3v) is 7.44. The number of carbonyl (C=O) groups excluding carboxylic acids is 1. The number of benzene rings is 2. The molecule has 1 amide bonds. The number of aromatic nitrogens is 3. The Morgan fingerprint density at radius 2 is 1.84 bits per heavy atom. The molecule has 0 saturated heterocycles. The van der Waals surface area contributed by atoms with Gasteiger partial charge in [-0.2, -0.15) is 5.10 Å². The average Bonchev–Trinajstić information content (AvgIpc) is 3.49. The van der Waals surface area contributed by atoms with Gasteiger partial charge in [0.1, 0.15) is 23.6 Å². The molecule has 3 heterocycles. The summed E-state index contributed by atoms with van der Waals surface area (Å²) in [6.45, 7) is 5.61. The van der Waals surface area contributed by atoms with Crippen molar-refractivity contribution in [1.29, 1.82) is 0 Å². The maximum atomic E-state index is 13.7. The van der Waals surface area contributed by atoms with Crippen LogP contribution in [0.4, 0.5) is 0 Å². The van der Waals surface area contributed by atoms with E-state index in [-0.39, 0.29) is 5.91 Å². The number of aryl methyl sites for hydroxylation is 2. The average molecular weight is 500 g/mol. The lowest BCUT2D eigenvalue weighted by Gasteiger charge is -2.27. The second kappa shape index (κ2) is 11.2. The quantitative estimate of drug-likeness (QED) is 0.394. The first-order valence-electron chi connectivity index (χ1n) is 13.2. The Kier molecular flexibility index (Phi) is 7.60. The molecule has 194 valence electrons. The van der Waals surface area contributed by atoms with Crippen molar-refractivity contribution in [1.82, 2.24) is 24.0 Å². The van der Waals surface area contributed by atoms with Gasteiger partial charge in [0.2, 0.25) is 0 Å². The van der Waals surface area contributed by atoms with Crippen molar-refractivity contribution in [3.8, 4) is 5.75 Å². The molecule has 1 aliphatic rings. The van der Waals surface area contributed by atoms with Crippen LogP contribution in [0.3, 0.4) is 0 Å². The molecule has 7 heteroatoms. The fraction of sp³-hybridized carbons (Fsp3) is 0.400. The second-order valence-corrected chi connectivity index (χ2v) is 10.3. The molecule has 0 saturated carbocycles. The number of carbonyl (C=O) groups is 1. The Hall–Kier alpha value is -3.58. The number of imidazole rings is 1. The monoisotopic (exact) mass is 499 g/mol. The van der Waals surface area contributed by atoms with Gasteiger partial charge < -0.3 is 19.1 Å². The summed E-state index contributed by atoms with van der Waals surface area (Å²) in [5.74, 6) is 1.36. The van der Waals surface area contributed by atoms with Crippen molar-refractivity contribution in [2.24, 2.45) is 7.05 Å². The molecule has 0 bridgehead atoms. The van der Waals surface area contributed by atoms with E-state index < -0.39 is 0 Å². The van der Waals surface area contributed by atoms with Gasteiger partial charge in [0.25, 0.3) is 5.91 Å². The van der Waals surface area contributed by atoms with Crippen LogP contribution >= 0.6 is 0 Å². The normalized spacial score (nSPS) is 18.2. The van der Waals surface area contributed by atoms with Crippen molar-refractivity contribution in [3.63, 3.8) is 0 Å². The lowest BCUT2D eigenvalue weighted by Crippen LogP contribution is -2.36. The van der Waals surface area contributed by atoms with E-state index in [4.69, 9.17) is 4.74 Å². The lowest BCUT2D eigenvalue weighted by atomic mass is 9.91. The highest BCUT2D eigenvalue weighted by molar-refractivity contribution is 5.99. The van der Waals surface area contributed by atoms with Crippen LogP contribution in [0.15, 0.2) is 67.1 Å². The number of amides is 1. The van der Waals surface area contributed by atoms with Gasteiger partial charge >= 0.3 is 0 Å². The largest absolute Gasteiger partial charge is 0.491 e. The third-order valence-electron chi connectivity index (χ3n) is 7.44. The fourth-order valence-electron chi connectivity index (χ4n) is 5.40. The van der Waals surface area contributed by atoms with Crippen LogP contribution < -0.4 is 4.74 Å². The number of hydrogen-bond donors (Lipinski definition) is 0. The van der Waals surface area contributed by atoms with Gasteiger partial charge in [-0.25, -0.2) is 4.52 Å². The molecule has 7 nitrogen and oxygen atoms in total. The van der Waals surface area contributed by atoms with Gasteiger partial charge in [-0.15, -0.1) is 0 Å². The van der Waals surface area contributed by atoms with Gasteiger partial charge in [-0.3, -0.25) is 4.79 Å². The predicted molar refractivity (Wildman–Crippen MR) is 146 cm³/mol. The molecule has 0 spiro atoms. The van der Waals surface area contributed by atoms with Crippen LogP contribution in [0.1, 0.15) is 52.2 Å². The number of fused-ring (bicyclic) bond motifs is 2. The highest BCUT2D eigenvalue weighted by Crippen LogP contribution is 2.27. The summed E-state index contributed by atoms with van der Waals surface area (Å²) in [7, 11) is 4.14. The minimum absolute atomic E-state index is 0.00705. The molecule has 0 radical (unpaired) electrons. The second-order valence-electron chi connectivity index (χ2n) is 10.3. The molecule has 0 N–H and O–H groups in total. The van der Waals surface area contributed by atoms with E-state index in [2.05, 4.69) is 72.5 Å². The van der Waals surface area contributed by atoms with E-state index in [0.29, 0.717) is 31.2 Å². The van der Waals surface area contributed by atoms with Crippen LogP contribution in [0.2, 0.25) is 0 Å². The smallest absolute Gasteiger partial charge is 0.259 e. The van der Waals surface area contributed by atoms with Gasteiger partial charge in [0.15, 0.2) is 0 Å². The van der Waals surface area contributed by atoms with Gasteiger partial charge in [-0.1, -0.05) is 48.0 Å². The highest BCUT2D eigenvalue weighted by Gasteiger charge is 2.23. The van der Waals surface area contributed by atoms with Crippen LogP contribution in [0.5, 0.6) is 5.75 Å². The highest BCUT2D eigenvalue weighted by atomic mass is 16.5. The minimum atomic E-state index is 0.00705. The van der Waals surface area contributed by atoms with Gasteiger partial charge in [0.05, 0.1) is 12.7 Å². The molecule has 5 rings (SSSR count). The Labute approximate surface area is 219 Å². The van der Waals surface area contributed by atoms with E-state index in [1.54, 1.807) is 10.7 Å². The van der Waals surface area contributed by atoms with E-state index in [1.165, 1.54) is 16.7 Å². The van der Waals surface area contributed by atoms with Gasteiger partial charge in [-0.05, 0) is 57.3 Å². The number of ether oxygens (including phenoxy) is 1. The summed E-state index contributed by atoms with van der Waals surface area (Å²) in [5.41, 5.74) is 5.24. The van der Waals surface area contributed by atoms with Crippen molar-refractivity contribution in [2.45, 2.75) is 38.6 Å². The molecular weight excluding hydrogens is 462 g/mol. The first-order valence-corrected chi connectivity index (χ1v) is 13.2.